The topological polar surface area (TPSA) is 3.24 Å². The van der Waals surface area contributed by atoms with Gasteiger partial charge in [-0.25, -0.2) is 0 Å². The zero-order chi connectivity index (χ0) is 10.5. The molecule has 0 aliphatic carbocycles. The molecule has 0 aromatic heterocycles. The largest absolute Gasteiger partial charge is 0.300 e. The summed E-state index contributed by atoms with van der Waals surface area (Å²) < 4.78 is 0. The molecule has 2 heterocycles. The fourth-order valence-corrected chi connectivity index (χ4v) is 3.48. The molecule has 2 saturated heterocycles. The molecule has 2 aliphatic heterocycles. The van der Waals surface area contributed by atoms with Gasteiger partial charge in [-0.1, -0.05) is 32.6 Å². The first-order chi connectivity index (χ1) is 7.40. The summed E-state index contributed by atoms with van der Waals surface area (Å²) in [5, 5.41) is 0. The Hall–Kier alpha value is -0.0400. The van der Waals surface area contributed by atoms with E-state index in [0.29, 0.717) is 0 Å². The van der Waals surface area contributed by atoms with Gasteiger partial charge in [0.2, 0.25) is 0 Å². The van der Waals surface area contributed by atoms with Crippen LogP contribution in [0, 0.1) is 5.92 Å². The smallest absolute Gasteiger partial charge is 0.00927 e. The first-order valence-corrected chi connectivity index (χ1v) is 7.14. The van der Waals surface area contributed by atoms with Gasteiger partial charge in [0.15, 0.2) is 0 Å². The minimum Gasteiger partial charge on any atom is -0.300 e. The summed E-state index contributed by atoms with van der Waals surface area (Å²) >= 11 is 0. The Morgan fingerprint density at radius 3 is 2.47 bits per heavy atom. The predicted molar refractivity (Wildman–Crippen MR) is 66.1 cm³/mol. The zero-order valence-corrected chi connectivity index (χ0v) is 10.4. The molecule has 0 spiro atoms. The van der Waals surface area contributed by atoms with Gasteiger partial charge in [-0.05, 0) is 44.6 Å². The van der Waals surface area contributed by atoms with Crippen LogP contribution in [0.3, 0.4) is 0 Å². The number of fused-ring (bicyclic) bond motifs is 2. The van der Waals surface area contributed by atoms with Crippen LogP contribution in [-0.4, -0.2) is 24.0 Å². The van der Waals surface area contributed by atoms with E-state index in [2.05, 4.69) is 11.8 Å². The van der Waals surface area contributed by atoms with Crippen LogP contribution in [-0.2, 0) is 0 Å². The minimum atomic E-state index is 0.908. The first-order valence-electron chi connectivity index (χ1n) is 7.14. The van der Waals surface area contributed by atoms with Crippen LogP contribution in [0.5, 0.6) is 0 Å². The van der Waals surface area contributed by atoms with Crippen molar-refractivity contribution in [3.8, 4) is 0 Å². The Morgan fingerprint density at radius 2 is 1.67 bits per heavy atom. The normalized spacial score (nSPS) is 38.6. The summed E-state index contributed by atoms with van der Waals surface area (Å²) in [6.45, 7) is 5.17. The van der Waals surface area contributed by atoms with E-state index in [9.17, 15) is 0 Å². The lowest BCUT2D eigenvalue weighted by molar-refractivity contribution is 0.103. The van der Waals surface area contributed by atoms with Crippen molar-refractivity contribution in [1.29, 1.82) is 0 Å². The van der Waals surface area contributed by atoms with Gasteiger partial charge in [-0.15, -0.1) is 0 Å². The third-order valence-electron chi connectivity index (χ3n) is 4.44. The third-order valence-corrected chi connectivity index (χ3v) is 4.44. The highest BCUT2D eigenvalue weighted by Crippen LogP contribution is 2.27. The summed E-state index contributed by atoms with van der Waals surface area (Å²) in [6, 6.07) is 0.908. The second-order valence-electron chi connectivity index (χ2n) is 5.56. The SMILES string of the molecule is CCC1CCCCCCC2CCCN1C2. The van der Waals surface area contributed by atoms with Crippen molar-refractivity contribution in [2.24, 2.45) is 5.92 Å². The molecule has 2 bridgehead atoms. The summed E-state index contributed by atoms with van der Waals surface area (Å²) in [5.41, 5.74) is 0. The van der Waals surface area contributed by atoms with Gasteiger partial charge in [-0.2, -0.15) is 0 Å². The molecule has 0 radical (unpaired) electrons. The van der Waals surface area contributed by atoms with E-state index in [0.717, 1.165) is 12.0 Å². The van der Waals surface area contributed by atoms with E-state index in [1.165, 1.54) is 70.9 Å². The molecule has 0 N–H and O–H groups in total. The monoisotopic (exact) mass is 209 g/mol. The Bertz CT molecular complexity index is 178. The van der Waals surface area contributed by atoms with Crippen molar-refractivity contribution < 1.29 is 0 Å². The van der Waals surface area contributed by atoms with Crippen LogP contribution in [0.15, 0.2) is 0 Å². The molecule has 2 fully saturated rings. The van der Waals surface area contributed by atoms with E-state index in [4.69, 9.17) is 0 Å². The highest BCUT2D eigenvalue weighted by Gasteiger charge is 2.24. The lowest BCUT2D eigenvalue weighted by Crippen LogP contribution is -2.42. The second-order valence-corrected chi connectivity index (χ2v) is 5.56. The quantitative estimate of drug-likeness (QED) is 0.634. The molecular formula is C14H27N. The van der Waals surface area contributed by atoms with Crippen LogP contribution in [0.1, 0.15) is 64.7 Å². The highest BCUT2D eigenvalue weighted by molar-refractivity contribution is 4.79. The summed E-state index contributed by atoms with van der Waals surface area (Å²) in [5.74, 6) is 1.03. The van der Waals surface area contributed by atoms with Crippen LogP contribution in [0.4, 0.5) is 0 Å². The van der Waals surface area contributed by atoms with Crippen molar-refractivity contribution in [2.45, 2.75) is 70.8 Å². The van der Waals surface area contributed by atoms with E-state index < -0.39 is 0 Å². The highest BCUT2D eigenvalue weighted by atomic mass is 15.2. The zero-order valence-electron chi connectivity index (χ0n) is 10.4. The summed E-state index contributed by atoms with van der Waals surface area (Å²) in [7, 11) is 0. The van der Waals surface area contributed by atoms with E-state index in [1.807, 2.05) is 0 Å². The van der Waals surface area contributed by atoms with Crippen molar-refractivity contribution in [2.75, 3.05) is 13.1 Å². The molecule has 3 atom stereocenters. The number of piperidine rings is 1. The standard InChI is InChI=1S/C14H27N/c1-2-14-10-6-4-3-5-8-13-9-7-11-15(14)12-13/h13-14H,2-12H2,1H3. The third kappa shape index (κ3) is 3.21. The molecule has 0 aromatic carbocycles. The predicted octanol–water partition coefficient (Wildman–Crippen LogP) is 3.83. The van der Waals surface area contributed by atoms with Gasteiger partial charge >= 0.3 is 0 Å². The van der Waals surface area contributed by atoms with Crippen molar-refractivity contribution in [3.63, 3.8) is 0 Å². The maximum absolute atomic E-state index is 2.81. The average Bonchev–Trinajstić information content (AvgIpc) is 2.28. The van der Waals surface area contributed by atoms with Crippen molar-refractivity contribution in [1.82, 2.24) is 4.90 Å². The Balaban J connectivity index is 1.94. The maximum Gasteiger partial charge on any atom is 0.00927 e. The summed E-state index contributed by atoms with van der Waals surface area (Å²) in [4.78, 5) is 2.81. The molecule has 2 aliphatic rings. The average molecular weight is 209 g/mol. The molecule has 88 valence electrons. The van der Waals surface area contributed by atoms with Crippen LogP contribution < -0.4 is 0 Å². The summed E-state index contributed by atoms with van der Waals surface area (Å²) in [6.07, 6.45) is 13.2. The molecule has 3 unspecified atom stereocenters. The lowest BCUT2D eigenvalue weighted by atomic mass is 9.89. The van der Waals surface area contributed by atoms with Crippen LogP contribution >= 0.6 is 0 Å². The second kappa shape index (κ2) is 5.89. The lowest BCUT2D eigenvalue weighted by Gasteiger charge is -2.39. The van der Waals surface area contributed by atoms with Gasteiger partial charge in [0.05, 0.1) is 0 Å². The molecule has 1 heteroatoms. The Labute approximate surface area is 95.2 Å². The van der Waals surface area contributed by atoms with E-state index in [1.54, 1.807) is 0 Å². The minimum absolute atomic E-state index is 0.908. The fraction of sp³-hybridized carbons (Fsp3) is 1.00. The van der Waals surface area contributed by atoms with Crippen LogP contribution in [0.2, 0.25) is 0 Å². The van der Waals surface area contributed by atoms with Gasteiger partial charge in [0, 0.05) is 12.6 Å². The van der Waals surface area contributed by atoms with E-state index in [-0.39, 0.29) is 0 Å². The number of rotatable bonds is 1. The maximum atomic E-state index is 2.81. The Morgan fingerprint density at radius 1 is 0.933 bits per heavy atom. The molecule has 0 aromatic rings. The van der Waals surface area contributed by atoms with Crippen molar-refractivity contribution >= 4 is 0 Å². The molecule has 2 rings (SSSR count). The number of nitrogens with zero attached hydrogens (tertiary/aromatic N) is 1. The molecule has 0 saturated carbocycles. The van der Waals surface area contributed by atoms with Crippen molar-refractivity contribution in [3.05, 3.63) is 0 Å². The first kappa shape index (κ1) is 11.4. The fourth-order valence-electron chi connectivity index (χ4n) is 3.48. The number of hydrogen-bond donors (Lipinski definition) is 0. The van der Waals surface area contributed by atoms with Gasteiger partial charge < -0.3 is 4.90 Å². The Kier molecular flexibility index (Phi) is 4.49. The molecular weight excluding hydrogens is 182 g/mol. The van der Waals surface area contributed by atoms with Gasteiger partial charge in [-0.3, -0.25) is 0 Å². The molecule has 15 heavy (non-hydrogen) atoms. The number of hydrogen-bond acceptors (Lipinski definition) is 1. The van der Waals surface area contributed by atoms with Gasteiger partial charge in [0.1, 0.15) is 0 Å². The van der Waals surface area contributed by atoms with Crippen LogP contribution in [0.25, 0.3) is 0 Å². The molecule has 0 amide bonds. The molecule has 1 nitrogen and oxygen atoms in total. The van der Waals surface area contributed by atoms with E-state index >= 15 is 0 Å². The van der Waals surface area contributed by atoms with Gasteiger partial charge in [0.25, 0.3) is 0 Å².